The van der Waals surface area contributed by atoms with Crippen LogP contribution in [0.25, 0.3) is 0 Å². The zero-order valence-electron chi connectivity index (χ0n) is 50.0. The lowest BCUT2D eigenvalue weighted by Gasteiger charge is -2.18. The molecule has 0 radical (unpaired) electrons. The van der Waals surface area contributed by atoms with Crippen LogP contribution in [0.2, 0.25) is 0 Å². The van der Waals surface area contributed by atoms with Crippen molar-refractivity contribution in [3.05, 3.63) is 0 Å². The molecular formula is C67H130O6. The minimum atomic E-state index is -0.759. The van der Waals surface area contributed by atoms with E-state index in [1.165, 1.54) is 289 Å². The molecule has 0 heterocycles. The van der Waals surface area contributed by atoms with Crippen LogP contribution < -0.4 is 0 Å². The van der Waals surface area contributed by atoms with Crippen LogP contribution in [0.5, 0.6) is 0 Å². The number of hydrogen-bond donors (Lipinski definition) is 0. The number of unbranched alkanes of at least 4 members (excludes halogenated alkanes) is 52. The Hall–Kier alpha value is -1.59. The number of rotatable bonds is 63. The highest BCUT2D eigenvalue weighted by molar-refractivity contribution is 5.71. The monoisotopic (exact) mass is 1030 g/mol. The molecule has 0 aliphatic carbocycles. The van der Waals surface area contributed by atoms with Crippen LogP contribution >= 0.6 is 0 Å². The molecule has 0 aliphatic heterocycles. The third-order valence-electron chi connectivity index (χ3n) is 15.6. The average molecular weight is 1030 g/mol. The lowest BCUT2D eigenvalue weighted by atomic mass is 10.0. The molecule has 0 saturated heterocycles. The molecule has 0 bridgehead atoms. The minimum absolute atomic E-state index is 0.0626. The summed E-state index contributed by atoms with van der Waals surface area (Å²) in [6, 6.07) is 0. The fraction of sp³-hybridized carbons (Fsp3) is 0.955. The number of ether oxygens (including phenoxy) is 3. The molecule has 1 atom stereocenters. The van der Waals surface area contributed by atoms with E-state index < -0.39 is 6.10 Å². The number of carbonyl (C=O) groups is 3. The standard InChI is InChI=1S/C67H130O6/c1-4-7-10-13-15-17-19-21-23-24-25-26-27-28-29-30-31-32-33-34-35-36-37-38-39-40-41-42-44-45-47-49-51-54-57-60-66(69)72-63-64(62-71-65(68)59-56-53-12-9-6-3)73-67(70)61-58-55-52-50-48-46-43-22-20-18-16-14-11-8-5-2/h64H,4-63H2,1-3H3. The molecule has 0 aromatic heterocycles. The summed E-state index contributed by atoms with van der Waals surface area (Å²) < 4.78 is 16.8. The van der Waals surface area contributed by atoms with Crippen molar-refractivity contribution in [2.24, 2.45) is 0 Å². The lowest BCUT2D eigenvalue weighted by molar-refractivity contribution is -0.167. The van der Waals surface area contributed by atoms with Gasteiger partial charge in [0.05, 0.1) is 0 Å². The number of hydrogen-bond acceptors (Lipinski definition) is 6. The lowest BCUT2D eigenvalue weighted by Crippen LogP contribution is -2.30. The maximum atomic E-state index is 12.8. The number of carbonyl (C=O) groups excluding carboxylic acids is 3. The van der Waals surface area contributed by atoms with Gasteiger partial charge >= 0.3 is 17.9 Å². The first kappa shape index (κ1) is 71.4. The van der Waals surface area contributed by atoms with E-state index in [-0.39, 0.29) is 31.1 Å². The quantitative estimate of drug-likeness (QED) is 0.0343. The second kappa shape index (κ2) is 62.9. The van der Waals surface area contributed by atoms with Gasteiger partial charge in [-0.3, -0.25) is 14.4 Å². The maximum Gasteiger partial charge on any atom is 0.306 e. The van der Waals surface area contributed by atoms with Gasteiger partial charge in [-0.2, -0.15) is 0 Å². The molecule has 0 aromatic rings. The van der Waals surface area contributed by atoms with Crippen LogP contribution in [0.3, 0.4) is 0 Å². The minimum Gasteiger partial charge on any atom is -0.462 e. The van der Waals surface area contributed by atoms with Crippen molar-refractivity contribution in [3.8, 4) is 0 Å². The van der Waals surface area contributed by atoms with Gasteiger partial charge in [0.1, 0.15) is 13.2 Å². The molecule has 73 heavy (non-hydrogen) atoms. The Labute approximate surface area is 457 Å². The van der Waals surface area contributed by atoms with Crippen molar-refractivity contribution in [3.63, 3.8) is 0 Å². The molecule has 0 N–H and O–H groups in total. The topological polar surface area (TPSA) is 78.9 Å². The maximum absolute atomic E-state index is 12.8. The molecule has 0 aliphatic rings. The summed E-state index contributed by atoms with van der Waals surface area (Å²) in [6.07, 6.45) is 73.5. The Kier molecular flexibility index (Phi) is 61.6. The van der Waals surface area contributed by atoms with Crippen molar-refractivity contribution >= 4 is 17.9 Å². The molecule has 0 spiro atoms. The Bertz CT molecular complexity index is 1090. The largest absolute Gasteiger partial charge is 0.462 e. The summed E-state index contributed by atoms with van der Waals surface area (Å²) in [7, 11) is 0. The molecule has 0 fully saturated rings. The van der Waals surface area contributed by atoms with Crippen molar-refractivity contribution < 1.29 is 28.6 Å². The van der Waals surface area contributed by atoms with Gasteiger partial charge in [-0.05, 0) is 19.3 Å². The van der Waals surface area contributed by atoms with Gasteiger partial charge in [-0.25, -0.2) is 0 Å². The predicted molar refractivity (Wildman–Crippen MR) is 317 cm³/mol. The fourth-order valence-electron chi connectivity index (χ4n) is 10.6. The molecule has 0 saturated carbocycles. The smallest absolute Gasteiger partial charge is 0.306 e. The summed E-state index contributed by atoms with van der Waals surface area (Å²) in [5.41, 5.74) is 0. The fourth-order valence-corrected chi connectivity index (χ4v) is 10.6. The molecule has 0 amide bonds. The van der Waals surface area contributed by atoms with Crippen LogP contribution in [0.4, 0.5) is 0 Å². The molecular weight excluding hydrogens is 901 g/mol. The molecule has 434 valence electrons. The number of esters is 3. The zero-order valence-corrected chi connectivity index (χ0v) is 50.0. The van der Waals surface area contributed by atoms with Crippen molar-refractivity contribution in [2.75, 3.05) is 13.2 Å². The normalized spacial score (nSPS) is 11.9. The Morgan fingerprint density at radius 1 is 0.219 bits per heavy atom. The summed E-state index contributed by atoms with van der Waals surface area (Å²) in [6.45, 7) is 6.63. The summed E-state index contributed by atoms with van der Waals surface area (Å²) in [5, 5.41) is 0. The second-order valence-electron chi connectivity index (χ2n) is 23.1. The van der Waals surface area contributed by atoms with E-state index in [4.69, 9.17) is 14.2 Å². The van der Waals surface area contributed by atoms with Gasteiger partial charge in [0.2, 0.25) is 0 Å². The summed E-state index contributed by atoms with van der Waals surface area (Å²) in [5.74, 6) is -0.849. The van der Waals surface area contributed by atoms with Crippen LogP contribution in [0.15, 0.2) is 0 Å². The van der Waals surface area contributed by atoms with E-state index in [0.717, 1.165) is 64.2 Å². The first-order valence-corrected chi connectivity index (χ1v) is 33.5. The van der Waals surface area contributed by atoms with E-state index in [1.54, 1.807) is 0 Å². The van der Waals surface area contributed by atoms with Gasteiger partial charge < -0.3 is 14.2 Å². The SMILES string of the molecule is CCCCCCCCCCCCCCCCCCCCCCCCCCCCCCCCCCCCCC(=O)OCC(COC(=O)CCCCCCC)OC(=O)CCCCCCCCCCCCCCCCC. The van der Waals surface area contributed by atoms with E-state index in [1.807, 2.05) is 0 Å². The third kappa shape index (κ3) is 61.1. The van der Waals surface area contributed by atoms with Gasteiger partial charge in [0.15, 0.2) is 6.10 Å². The van der Waals surface area contributed by atoms with E-state index in [9.17, 15) is 14.4 Å². The Balaban J connectivity index is 3.79. The van der Waals surface area contributed by atoms with Crippen molar-refractivity contribution in [1.29, 1.82) is 0 Å². The van der Waals surface area contributed by atoms with Crippen molar-refractivity contribution in [2.45, 2.75) is 399 Å². The Morgan fingerprint density at radius 2 is 0.370 bits per heavy atom. The van der Waals surface area contributed by atoms with Gasteiger partial charge in [0.25, 0.3) is 0 Å². The summed E-state index contributed by atoms with van der Waals surface area (Å²) >= 11 is 0. The summed E-state index contributed by atoms with van der Waals surface area (Å²) in [4.78, 5) is 37.8. The Morgan fingerprint density at radius 3 is 0.548 bits per heavy atom. The van der Waals surface area contributed by atoms with E-state index in [2.05, 4.69) is 20.8 Å². The molecule has 0 rings (SSSR count). The third-order valence-corrected chi connectivity index (χ3v) is 15.6. The highest BCUT2D eigenvalue weighted by atomic mass is 16.6. The average Bonchev–Trinajstić information content (AvgIpc) is 3.39. The predicted octanol–water partition coefficient (Wildman–Crippen LogP) is 22.7. The van der Waals surface area contributed by atoms with Gasteiger partial charge in [-0.1, -0.05) is 355 Å². The molecule has 1 unspecified atom stereocenters. The molecule has 6 nitrogen and oxygen atoms in total. The van der Waals surface area contributed by atoms with Gasteiger partial charge in [-0.15, -0.1) is 0 Å². The van der Waals surface area contributed by atoms with Crippen LogP contribution in [-0.4, -0.2) is 37.2 Å². The second-order valence-corrected chi connectivity index (χ2v) is 23.1. The van der Waals surface area contributed by atoms with Crippen LogP contribution in [0.1, 0.15) is 393 Å². The highest BCUT2D eigenvalue weighted by Gasteiger charge is 2.19. The first-order valence-electron chi connectivity index (χ1n) is 33.5. The van der Waals surface area contributed by atoms with Crippen LogP contribution in [-0.2, 0) is 28.6 Å². The highest BCUT2D eigenvalue weighted by Crippen LogP contribution is 2.19. The first-order chi connectivity index (χ1) is 36.0. The molecule has 0 aromatic carbocycles. The zero-order chi connectivity index (χ0) is 52.9. The van der Waals surface area contributed by atoms with E-state index >= 15 is 0 Å². The van der Waals surface area contributed by atoms with Gasteiger partial charge in [0, 0.05) is 19.3 Å². The van der Waals surface area contributed by atoms with Crippen molar-refractivity contribution in [1.82, 2.24) is 0 Å². The van der Waals surface area contributed by atoms with Crippen LogP contribution in [0, 0.1) is 0 Å². The molecule has 6 heteroatoms. The van der Waals surface area contributed by atoms with E-state index in [0.29, 0.717) is 19.3 Å².